The van der Waals surface area contributed by atoms with E-state index in [1.54, 1.807) is 12.1 Å². The summed E-state index contributed by atoms with van der Waals surface area (Å²) in [5.41, 5.74) is 4.49. The maximum atomic E-state index is 14.5. The first-order chi connectivity index (χ1) is 15.2. The molecule has 0 spiro atoms. The number of unbranched alkanes of at least 4 members (excludes halogenated alkanes) is 2. The summed E-state index contributed by atoms with van der Waals surface area (Å²) in [6.07, 6.45) is 6.76. The molecule has 3 aromatic carbocycles. The summed E-state index contributed by atoms with van der Waals surface area (Å²) in [6, 6.07) is 25.3. The number of benzene rings is 3. The van der Waals surface area contributed by atoms with Gasteiger partial charge >= 0.3 is 0 Å². The third-order valence-electron chi connectivity index (χ3n) is 6.90. The summed E-state index contributed by atoms with van der Waals surface area (Å²) < 4.78 is 28.4. The Morgan fingerprint density at radius 1 is 0.806 bits per heavy atom. The van der Waals surface area contributed by atoms with Gasteiger partial charge < -0.3 is 0 Å². The van der Waals surface area contributed by atoms with E-state index in [9.17, 15) is 8.78 Å². The molecule has 3 aromatic rings. The Hall–Kier alpha value is -2.26. The first kappa shape index (κ1) is 21.9. The molecule has 0 unspecified atom stereocenters. The molecule has 0 radical (unpaired) electrons. The fourth-order valence-electron chi connectivity index (χ4n) is 5.11. The van der Waals surface area contributed by atoms with E-state index >= 15 is 0 Å². The van der Waals surface area contributed by atoms with Crippen LogP contribution in [0.25, 0.3) is 22.3 Å². The van der Waals surface area contributed by atoms with Crippen molar-refractivity contribution in [1.29, 1.82) is 0 Å². The average Bonchev–Trinajstić information content (AvgIpc) is 2.82. The van der Waals surface area contributed by atoms with Crippen LogP contribution in [0.15, 0.2) is 66.7 Å². The van der Waals surface area contributed by atoms with Gasteiger partial charge in [0.25, 0.3) is 0 Å². The molecule has 0 aromatic heterocycles. The van der Waals surface area contributed by atoms with Gasteiger partial charge in [-0.1, -0.05) is 105 Å². The predicted molar refractivity (Wildman–Crippen MR) is 130 cm³/mol. The summed E-state index contributed by atoms with van der Waals surface area (Å²) in [7, 11) is -0.529. The SMILES string of the molecule is CCCCC[Si@H]1CC[C@H](c2cccc(-c3ccccc3-c3cccc(F)c3F)c2)CC1. The smallest absolute Gasteiger partial charge is 0.166 e. The molecule has 0 saturated carbocycles. The molecule has 31 heavy (non-hydrogen) atoms. The summed E-state index contributed by atoms with van der Waals surface area (Å²) in [4.78, 5) is 0. The van der Waals surface area contributed by atoms with E-state index in [-0.39, 0.29) is 0 Å². The van der Waals surface area contributed by atoms with E-state index in [1.165, 1.54) is 61.9 Å². The topological polar surface area (TPSA) is 0 Å². The highest BCUT2D eigenvalue weighted by atomic mass is 28.3. The molecule has 0 atom stereocenters. The summed E-state index contributed by atoms with van der Waals surface area (Å²) >= 11 is 0. The quantitative estimate of drug-likeness (QED) is 0.258. The van der Waals surface area contributed by atoms with E-state index in [0.29, 0.717) is 11.5 Å². The molecular weight excluding hydrogens is 402 g/mol. The van der Waals surface area contributed by atoms with E-state index in [1.807, 2.05) is 24.3 Å². The average molecular weight is 435 g/mol. The number of halogens is 2. The van der Waals surface area contributed by atoms with Crippen molar-refractivity contribution in [3.05, 3.63) is 83.9 Å². The maximum Gasteiger partial charge on any atom is 0.166 e. The first-order valence-electron chi connectivity index (χ1n) is 11.8. The van der Waals surface area contributed by atoms with Crippen LogP contribution in [0.5, 0.6) is 0 Å². The highest BCUT2D eigenvalue weighted by Crippen LogP contribution is 2.39. The fourth-order valence-corrected chi connectivity index (χ4v) is 8.59. The van der Waals surface area contributed by atoms with Crippen molar-refractivity contribution in [2.75, 3.05) is 0 Å². The van der Waals surface area contributed by atoms with Gasteiger partial charge in [-0.3, -0.25) is 0 Å². The molecule has 1 fully saturated rings. The van der Waals surface area contributed by atoms with Gasteiger partial charge in [0.2, 0.25) is 0 Å². The predicted octanol–water partition coefficient (Wildman–Crippen LogP) is 8.59. The van der Waals surface area contributed by atoms with Crippen LogP contribution in [0, 0.1) is 11.6 Å². The Labute approximate surface area is 186 Å². The second-order valence-corrected chi connectivity index (χ2v) is 12.4. The number of rotatable bonds is 7. The molecule has 0 N–H and O–H groups in total. The molecule has 0 nitrogen and oxygen atoms in total. The van der Waals surface area contributed by atoms with Crippen LogP contribution in [0.3, 0.4) is 0 Å². The van der Waals surface area contributed by atoms with Gasteiger partial charge in [-0.05, 0) is 47.1 Å². The molecule has 4 rings (SSSR count). The van der Waals surface area contributed by atoms with Crippen LogP contribution in [0.2, 0.25) is 18.1 Å². The summed E-state index contributed by atoms with van der Waals surface area (Å²) in [6.45, 7) is 2.28. The second-order valence-electron chi connectivity index (χ2n) is 8.99. The Kier molecular flexibility index (Phi) is 7.34. The maximum absolute atomic E-state index is 14.5. The van der Waals surface area contributed by atoms with Crippen LogP contribution < -0.4 is 0 Å². The molecule has 162 valence electrons. The monoisotopic (exact) mass is 434 g/mol. The van der Waals surface area contributed by atoms with Gasteiger partial charge in [-0.2, -0.15) is 0 Å². The van der Waals surface area contributed by atoms with Crippen molar-refractivity contribution >= 4 is 8.80 Å². The van der Waals surface area contributed by atoms with Crippen molar-refractivity contribution in [1.82, 2.24) is 0 Å². The van der Waals surface area contributed by atoms with Crippen LogP contribution >= 0.6 is 0 Å². The van der Waals surface area contributed by atoms with Crippen molar-refractivity contribution in [2.24, 2.45) is 0 Å². The van der Waals surface area contributed by atoms with Gasteiger partial charge in [0.15, 0.2) is 11.6 Å². The normalized spacial score (nSPS) is 18.8. The fraction of sp³-hybridized carbons (Fsp3) is 0.357. The zero-order valence-corrected chi connectivity index (χ0v) is 19.6. The molecule has 1 aliphatic heterocycles. The molecule has 0 amide bonds. The minimum absolute atomic E-state index is 0.319. The zero-order chi connectivity index (χ0) is 21.6. The second kappa shape index (κ2) is 10.4. The summed E-state index contributed by atoms with van der Waals surface area (Å²) in [5, 5.41) is 0. The molecule has 0 bridgehead atoms. The molecule has 1 saturated heterocycles. The van der Waals surface area contributed by atoms with Crippen molar-refractivity contribution in [3.63, 3.8) is 0 Å². The number of hydrogen-bond donors (Lipinski definition) is 0. The Morgan fingerprint density at radius 3 is 2.29 bits per heavy atom. The van der Waals surface area contributed by atoms with Crippen LogP contribution in [-0.4, -0.2) is 8.80 Å². The van der Waals surface area contributed by atoms with Crippen molar-refractivity contribution < 1.29 is 8.78 Å². The molecule has 1 aliphatic rings. The van der Waals surface area contributed by atoms with E-state index in [4.69, 9.17) is 0 Å². The third-order valence-corrected chi connectivity index (χ3v) is 10.4. The van der Waals surface area contributed by atoms with E-state index in [0.717, 1.165) is 16.7 Å². The highest BCUT2D eigenvalue weighted by molar-refractivity contribution is 6.59. The molecule has 0 aliphatic carbocycles. The van der Waals surface area contributed by atoms with Crippen molar-refractivity contribution in [3.8, 4) is 22.3 Å². The number of hydrogen-bond acceptors (Lipinski definition) is 0. The van der Waals surface area contributed by atoms with Gasteiger partial charge in [0, 0.05) is 14.4 Å². The van der Waals surface area contributed by atoms with E-state index < -0.39 is 20.4 Å². The van der Waals surface area contributed by atoms with Gasteiger partial charge in [0.05, 0.1) is 0 Å². The van der Waals surface area contributed by atoms with Crippen LogP contribution in [-0.2, 0) is 0 Å². The molecule has 3 heteroatoms. The molecular formula is C28H32F2Si. The Morgan fingerprint density at radius 2 is 1.52 bits per heavy atom. The first-order valence-corrected chi connectivity index (χ1v) is 14.3. The third kappa shape index (κ3) is 5.15. The standard InChI is InChI=1S/C28H32F2Si/c1-2-3-6-17-31-18-15-21(16-19-31)22-9-7-10-23(20-22)24-11-4-5-12-25(24)26-13-8-14-27(29)28(26)30/h4-5,7-14,20-21,31H,2-3,6,15-19H2,1H3/t21-,31-. The van der Waals surface area contributed by atoms with Gasteiger partial charge in [-0.15, -0.1) is 0 Å². The summed E-state index contributed by atoms with van der Waals surface area (Å²) in [5.74, 6) is -0.952. The Bertz CT molecular complexity index is 1010. The lowest BCUT2D eigenvalue weighted by atomic mass is 9.89. The minimum atomic E-state index is -0.805. The van der Waals surface area contributed by atoms with Crippen LogP contribution in [0.1, 0.15) is 50.5 Å². The highest BCUT2D eigenvalue weighted by Gasteiger charge is 2.23. The zero-order valence-electron chi connectivity index (χ0n) is 18.4. The van der Waals surface area contributed by atoms with Gasteiger partial charge in [0.1, 0.15) is 0 Å². The molecule has 1 heterocycles. The Balaban J connectivity index is 1.56. The van der Waals surface area contributed by atoms with Crippen molar-refractivity contribution in [2.45, 2.75) is 63.1 Å². The minimum Gasteiger partial charge on any atom is -0.204 e. The van der Waals surface area contributed by atoms with Crippen LogP contribution in [0.4, 0.5) is 8.78 Å². The largest absolute Gasteiger partial charge is 0.204 e. The van der Waals surface area contributed by atoms with E-state index in [2.05, 4.69) is 31.2 Å². The van der Waals surface area contributed by atoms with Gasteiger partial charge in [-0.25, -0.2) is 8.78 Å². The lowest BCUT2D eigenvalue weighted by Gasteiger charge is -2.28. The lowest BCUT2D eigenvalue weighted by Crippen LogP contribution is -2.20. The lowest BCUT2D eigenvalue weighted by molar-refractivity contribution is 0.511.